The third kappa shape index (κ3) is 5.96. The Balaban J connectivity index is 2.66. The van der Waals surface area contributed by atoms with Crippen molar-refractivity contribution in [2.75, 3.05) is 20.3 Å². The van der Waals surface area contributed by atoms with Gasteiger partial charge in [0.15, 0.2) is 0 Å². The molecule has 0 radical (unpaired) electrons. The van der Waals surface area contributed by atoms with E-state index in [9.17, 15) is 8.42 Å². The number of thiocarbonyl (C=S) groups is 1. The minimum absolute atomic E-state index is 0.0941. The largest absolute Gasteiger partial charge is 0.389 e. The molecule has 0 saturated carbocycles. The molecule has 0 saturated heterocycles. The molecule has 0 aliphatic rings. The first-order valence-electron chi connectivity index (χ1n) is 6.19. The highest BCUT2D eigenvalue weighted by atomic mass is 32.2. The molecular weight excluding hydrogens is 296 g/mol. The van der Waals surface area contributed by atoms with Crippen molar-refractivity contribution in [1.29, 1.82) is 0 Å². The van der Waals surface area contributed by atoms with Crippen molar-refractivity contribution in [2.45, 2.75) is 12.7 Å². The first-order valence-corrected chi connectivity index (χ1v) is 8.25. The third-order valence-electron chi connectivity index (χ3n) is 2.67. The Labute approximate surface area is 125 Å². The highest BCUT2D eigenvalue weighted by Crippen LogP contribution is 2.09. The maximum Gasteiger partial charge on any atom is 0.215 e. The lowest BCUT2D eigenvalue weighted by atomic mass is 10.1. The number of nitrogens with one attached hydrogen (secondary N) is 1. The minimum Gasteiger partial charge on any atom is -0.389 e. The van der Waals surface area contributed by atoms with Crippen LogP contribution >= 0.6 is 12.2 Å². The van der Waals surface area contributed by atoms with Crippen molar-refractivity contribution in [3.05, 3.63) is 35.4 Å². The van der Waals surface area contributed by atoms with Gasteiger partial charge in [-0.3, -0.25) is 0 Å². The normalized spacial score (nSPS) is 13.1. The molecule has 1 unspecified atom stereocenters. The fourth-order valence-corrected chi connectivity index (χ4v) is 3.08. The maximum atomic E-state index is 12.0. The molecule has 20 heavy (non-hydrogen) atoms. The Morgan fingerprint density at radius 2 is 2.20 bits per heavy atom. The standard InChI is InChI=1S/C13H20N2O3S2/c1-10(8-18-2)7-15-20(16,17)9-11-4-3-5-12(6-11)13(14)19/h3-6,10,15H,7-9H2,1-2H3,(H2,14,19). The molecule has 0 fully saturated rings. The van der Waals surface area contributed by atoms with E-state index < -0.39 is 10.0 Å². The average Bonchev–Trinajstić information content (AvgIpc) is 2.37. The molecule has 0 amide bonds. The average molecular weight is 316 g/mol. The summed E-state index contributed by atoms with van der Waals surface area (Å²) in [7, 11) is -1.79. The molecule has 112 valence electrons. The second-order valence-corrected chi connectivity index (χ2v) is 6.98. The smallest absolute Gasteiger partial charge is 0.215 e. The number of rotatable bonds is 8. The first kappa shape index (κ1) is 17.0. The van der Waals surface area contributed by atoms with Gasteiger partial charge in [-0.25, -0.2) is 13.1 Å². The van der Waals surface area contributed by atoms with Gasteiger partial charge in [0.2, 0.25) is 10.0 Å². The van der Waals surface area contributed by atoms with Gasteiger partial charge in [-0.1, -0.05) is 37.3 Å². The van der Waals surface area contributed by atoms with Crippen molar-refractivity contribution in [1.82, 2.24) is 4.72 Å². The minimum atomic E-state index is -3.38. The molecule has 1 rings (SSSR count). The van der Waals surface area contributed by atoms with E-state index in [1.165, 1.54) is 0 Å². The lowest BCUT2D eigenvalue weighted by Crippen LogP contribution is -2.31. The topological polar surface area (TPSA) is 81.4 Å². The predicted octanol–water partition coefficient (Wildman–Crippen LogP) is 1.02. The van der Waals surface area contributed by atoms with Gasteiger partial charge in [0.1, 0.15) is 4.99 Å². The summed E-state index contributed by atoms with van der Waals surface area (Å²) in [5.41, 5.74) is 6.85. The quantitative estimate of drug-likeness (QED) is 0.700. The zero-order valence-electron chi connectivity index (χ0n) is 11.6. The number of sulfonamides is 1. The fraction of sp³-hybridized carbons (Fsp3) is 0.462. The molecule has 7 heteroatoms. The Hall–Kier alpha value is -1.02. The van der Waals surface area contributed by atoms with Crippen molar-refractivity contribution in [2.24, 2.45) is 11.7 Å². The van der Waals surface area contributed by atoms with E-state index in [-0.39, 0.29) is 16.7 Å². The molecule has 1 atom stereocenters. The van der Waals surface area contributed by atoms with Gasteiger partial charge in [-0.2, -0.15) is 0 Å². The first-order chi connectivity index (χ1) is 9.34. The highest BCUT2D eigenvalue weighted by molar-refractivity contribution is 7.88. The summed E-state index contributed by atoms with van der Waals surface area (Å²) in [5, 5.41) is 0. The van der Waals surface area contributed by atoms with E-state index in [2.05, 4.69) is 4.72 Å². The second kappa shape index (κ2) is 7.68. The van der Waals surface area contributed by atoms with Gasteiger partial charge in [0, 0.05) is 25.8 Å². The number of hydrogen-bond acceptors (Lipinski definition) is 4. The zero-order chi connectivity index (χ0) is 15.2. The molecule has 0 bridgehead atoms. The van der Waals surface area contributed by atoms with E-state index >= 15 is 0 Å². The molecule has 5 nitrogen and oxygen atoms in total. The van der Waals surface area contributed by atoms with Crippen LogP contribution < -0.4 is 10.5 Å². The predicted molar refractivity (Wildman–Crippen MR) is 84.0 cm³/mol. The van der Waals surface area contributed by atoms with Gasteiger partial charge in [-0.15, -0.1) is 0 Å². The maximum absolute atomic E-state index is 12.0. The SMILES string of the molecule is COCC(C)CNS(=O)(=O)Cc1cccc(C(N)=S)c1. The van der Waals surface area contributed by atoms with Crippen LogP contribution in [0.15, 0.2) is 24.3 Å². The summed E-state index contributed by atoms with van der Waals surface area (Å²) in [6, 6.07) is 6.93. The van der Waals surface area contributed by atoms with Crippen LogP contribution in [-0.2, 0) is 20.5 Å². The lowest BCUT2D eigenvalue weighted by Gasteiger charge is -2.12. The van der Waals surface area contributed by atoms with Crippen LogP contribution in [0.25, 0.3) is 0 Å². The van der Waals surface area contributed by atoms with Gasteiger partial charge in [0.25, 0.3) is 0 Å². The molecule has 1 aromatic carbocycles. The van der Waals surface area contributed by atoms with Crippen LogP contribution in [0.3, 0.4) is 0 Å². The number of benzene rings is 1. The summed E-state index contributed by atoms with van der Waals surface area (Å²) in [4.78, 5) is 0.255. The Morgan fingerprint density at radius 1 is 1.50 bits per heavy atom. The van der Waals surface area contributed by atoms with Crippen LogP contribution in [0.5, 0.6) is 0 Å². The van der Waals surface area contributed by atoms with Crippen LogP contribution in [0, 0.1) is 5.92 Å². The van der Waals surface area contributed by atoms with Crippen molar-refractivity contribution in [3.63, 3.8) is 0 Å². The molecule has 0 aromatic heterocycles. The number of methoxy groups -OCH3 is 1. The number of hydrogen-bond donors (Lipinski definition) is 2. The van der Waals surface area contributed by atoms with E-state index in [1.807, 2.05) is 6.92 Å². The summed E-state index contributed by atoms with van der Waals surface area (Å²) in [6.07, 6.45) is 0. The molecular formula is C13H20N2O3S2. The van der Waals surface area contributed by atoms with Crippen molar-refractivity contribution < 1.29 is 13.2 Å². The Bertz CT molecular complexity index is 558. The van der Waals surface area contributed by atoms with E-state index in [0.29, 0.717) is 24.3 Å². The summed E-state index contributed by atoms with van der Waals surface area (Å²) >= 11 is 4.88. The van der Waals surface area contributed by atoms with Crippen molar-refractivity contribution in [3.8, 4) is 0 Å². The Kier molecular flexibility index (Phi) is 6.54. The van der Waals surface area contributed by atoms with Crippen LogP contribution in [0.4, 0.5) is 0 Å². The summed E-state index contributed by atoms with van der Waals surface area (Å²) in [5.74, 6) is 0.0288. The van der Waals surface area contributed by atoms with Crippen molar-refractivity contribution >= 4 is 27.2 Å². The third-order valence-corrected chi connectivity index (χ3v) is 4.23. The summed E-state index contributed by atoms with van der Waals surface area (Å²) in [6.45, 7) is 2.78. The monoisotopic (exact) mass is 316 g/mol. The van der Waals surface area contributed by atoms with E-state index in [1.54, 1.807) is 31.4 Å². The molecule has 0 heterocycles. The zero-order valence-corrected chi connectivity index (χ0v) is 13.3. The van der Waals surface area contributed by atoms with E-state index in [0.717, 1.165) is 0 Å². The van der Waals surface area contributed by atoms with Gasteiger partial charge < -0.3 is 10.5 Å². The van der Waals surface area contributed by atoms with E-state index in [4.69, 9.17) is 22.7 Å². The highest BCUT2D eigenvalue weighted by Gasteiger charge is 2.13. The van der Waals surface area contributed by atoms with Gasteiger partial charge in [-0.05, 0) is 17.5 Å². The molecule has 1 aromatic rings. The number of ether oxygens (including phenoxy) is 1. The van der Waals surface area contributed by atoms with Crippen LogP contribution in [-0.4, -0.2) is 33.7 Å². The Morgan fingerprint density at radius 3 is 2.80 bits per heavy atom. The molecule has 0 aliphatic carbocycles. The lowest BCUT2D eigenvalue weighted by molar-refractivity contribution is 0.161. The summed E-state index contributed by atoms with van der Waals surface area (Å²) < 4.78 is 31.5. The fourth-order valence-electron chi connectivity index (χ4n) is 1.70. The van der Waals surface area contributed by atoms with Crippen LogP contribution in [0.1, 0.15) is 18.1 Å². The molecule has 0 spiro atoms. The number of nitrogens with two attached hydrogens (primary N) is 1. The second-order valence-electron chi connectivity index (χ2n) is 4.73. The van der Waals surface area contributed by atoms with Gasteiger partial charge >= 0.3 is 0 Å². The van der Waals surface area contributed by atoms with Crippen LogP contribution in [0.2, 0.25) is 0 Å². The molecule has 3 N–H and O–H groups in total. The van der Waals surface area contributed by atoms with Gasteiger partial charge in [0.05, 0.1) is 5.75 Å². The molecule has 0 aliphatic heterocycles.